The summed E-state index contributed by atoms with van der Waals surface area (Å²) in [4.78, 5) is 0. The molecule has 0 aliphatic heterocycles. The molecule has 0 atom stereocenters. The Kier molecular flexibility index (Phi) is 2.47. The molecular weight excluding hydrogens is 183 g/mol. The molecule has 0 unspecified atom stereocenters. The van der Waals surface area contributed by atoms with Gasteiger partial charge in [-0.1, -0.05) is 6.07 Å². The molecule has 0 spiro atoms. The zero-order chi connectivity index (χ0) is 10.1. The van der Waals surface area contributed by atoms with Gasteiger partial charge in [0, 0.05) is 11.3 Å². The van der Waals surface area contributed by atoms with Gasteiger partial charge in [-0.25, -0.2) is 0 Å². The van der Waals surface area contributed by atoms with Crippen molar-refractivity contribution in [3.8, 4) is 0 Å². The molecule has 3 N–H and O–H groups in total. The van der Waals surface area contributed by atoms with Crippen LogP contribution in [0.1, 0.15) is 11.1 Å². The lowest BCUT2D eigenvalue weighted by molar-refractivity contribution is -0.137. The highest BCUT2D eigenvalue weighted by Gasteiger charge is 2.30. The third kappa shape index (κ3) is 2.12. The smallest absolute Gasteiger partial charge is 0.398 e. The Morgan fingerprint density at radius 2 is 1.92 bits per heavy atom. The van der Waals surface area contributed by atoms with Crippen LogP contribution >= 0.6 is 0 Å². The molecule has 0 saturated heterocycles. The second-order valence-corrected chi connectivity index (χ2v) is 2.57. The zero-order valence-corrected chi connectivity index (χ0v) is 6.60. The van der Waals surface area contributed by atoms with E-state index in [4.69, 9.17) is 10.8 Å². The van der Waals surface area contributed by atoms with Crippen molar-refractivity contribution >= 4 is 5.69 Å². The quantitative estimate of drug-likeness (QED) is 0.664. The highest BCUT2D eigenvalue weighted by atomic mass is 19.4. The van der Waals surface area contributed by atoms with Gasteiger partial charge in [0.15, 0.2) is 0 Å². The number of aliphatic hydroxyl groups is 1. The van der Waals surface area contributed by atoms with Gasteiger partial charge in [0.1, 0.15) is 0 Å². The summed E-state index contributed by atoms with van der Waals surface area (Å²) < 4.78 is 36.3. The Labute approximate surface area is 72.8 Å². The molecule has 0 heterocycles. The Hall–Kier alpha value is -1.23. The predicted octanol–water partition coefficient (Wildman–Crippen LogP) is 1.78. The maximum atomic E-state index is 12.1. The third-order valence-electron chi connectivity index (χ3n) is 1.64. The van der Waals surface area contributed by atoms with E-state index in [0.717, 1.165) is 18.2 Å². The molecule has 1 aromatic rings. The maximum absolute atomic E-state index is 12.1. The zero-order valence-electron chi connectivity index (χ0n) is 6.60. The van der Waals surface area contributed by atoms with Gasteiger partial charge in [-0.05, 0) is 12.1 Å². The molecule has 0 aliphatic rings. The van der Waals surface area contributed by atoms with Gasteiger partial charge in [0.2, 0.25) is 0 Å². The molecule has 13 heavy (non-hydrogen) atoms. The van der Waals surface area contributed by atoms with Gasteiger partial charge in [-0.2, -0.15) is 13.2 Å². The fourth-order valence-electron chi connectivity index (χ4n) is 0.915. The molecule has 0 radical (unpaired) electrons. The van der Waals surface area contributed by atoms with Crippen molar-refractivity contribution in [2.24, 2.45) is 0 Å². The fraction of sp³-hybridized carbons (Fsp3) is 0.250. The first-order valence-electron chi connectivity index (χ1n) is 3.51. The monoisotopic (exact) mass is 191 g/mol. The molecule has 72 valence electrons. The van der Waals surface area contributed by atoms with Crippen molar-refractivity contribution in [3.05, 3.63) is 29.3 Å². The van der Waals surface area contributed by atoms with Gasteiger partial charge in [0.05, 0.1) is 12.2 Å². The SMILES string of the molecule is Nc1cc(C(F)(F)F)ccc1CO. The topological polar surface area (TPSA) is 46.2 Å². The lowest BCUT2D eigenvalue weighted by atomic mass is 10.1. The Balaban J connectivity index is 3.10. The lowest BCUT2D eigenvalue weighted by Crippen LogP contribution is -2.06. The van der Waals surface area contributed by atoms with Crippen molar-refractivity contribution in [1.82, 2.24) is 0 Å². The van der Waals surface area contributed by atoms with E-state index >= 15 is 0 Å². The minimum absolute atomic E-state index is 0.0441. The van der Waals surface area contributed by atoms with E-state index in [1.54, 1.807) is 0 Å². The van der Waals surface area contributed by atoms with Crippen molar-refractivity contribution in [3.63, 3.8) is 0 Å². The number of nitrogens with two attached hydrogens (primary N) is 1. The minimum atomic E-state index is -4.39. The average molecular weight is 191 g/mol. The molecule has 0 saturated carbocycles. The number of anilines is 1. The largest absolute Gasteiger partial charge is 0.416 e. The van der Waals surface area contributed by atoms with Gasteiger partial charge in [-0.3, -0.25) is 0 Å². The normalized spacial score (nSPS) is 11.7. The Morgan fingerprint density at radius 1 is 1.31 bits per heavy atom. The predicted molar refractivity (Wildman–Crippen MR) is 41.8 cm³/mol. The van der Waals surface area contributed by atoms with Crippen molar-refractivity contribution in [2.75, 3.05) is 5.73 Å². The fourth-order valence-corrected chi connectivity index (χ4v) is 0.915. The van der Waals surface area contributed by atoms with Crippen LogP contribution in [-0.4, -0.2) is 5.11 Å². The summed E-state index contributed by atoms with van der Waals surface area (Å²) in [5, 5.41) is 8.65. The molecule has 1 aromatic carbocycles. The number of hydrogen-bond acceptors (Lipinski definition) is 2. The first-order valence-corrected chi connectivity index (χ1v) is 3.51. The van der Waals surface area contributed by atoms with E-state index in [1.165, 1.54) is 0 Å². The van der Waals surface area contributed by atoms with Gasteiger partial charge in [-0.15, -0.1) is 0 Å². The van der Waals surface area contributed by atoms with Gasteiger partial charge in [0.25, 0.3) is 0 Å². The highest BCUT2D eigenvalue weighted by Crippen LogP contribution is 2.31. The standard InChI is InChI=1S/C8H8F3NO/c9-8(10,11)6-2-1-5(4-13)7(12)3-6/h1-3,13H,4,12H2. The molecule has 0 aromatic heterocycles. The molecule has 0 amide bonds. The Bertz CT molecular complexity index is 309. The summed E-state index contributed by atoms with van der Waals surface area (Å²) in [6.45, 7) is -0.357. The summed E-state index contributed by atoms with van der Waals surface area (Å²) in [6, 6.07) is 2.87. The van der Waals surface area contributed by atoms with Crippen LogP contribution in [0.3, 0.4) is 0 Å². The van der Waals surface area contributed by atoms with Crippen molar-refractivity contribution in [2.45, 2.75) is 12.8 Å². The third-order valence-corrected chi connectivity index (χ3v) is 1.64. The summed E-state index contributed by atoms with van der Waals surface area (Å²) >= 11 is 0. The number of hydrogen-bond donors (Lipinski definition) is 2. The van der Waals surface area contributed by atoms with Crippen molar-refractivity contribution in [1.29, 1.82) is 0 Å². The van der Waals surface area contributed by atoms with Gasteiger partial charge >= 0.3 is 6.18 Å². The summed E-state index contributed by atoms with van der Waals surface area (Å²) in [5.41, 5.74) is 4.72. The van der Waals surface area contributed by atoms with E-state index < -0.39 is 11.7 Å². The number of aliphatic hydroxyl groups excluding tert-OH is 1. The van der Waals surface area contributed by atoms with Crippen LogP contribution in [-0.2, 0) is 12.8 Å². The minimum Gasteiger partial charge on any atom is -0.398 e. The average Bonchev–Trinajstić information content (AvgIpc) is 2.02. The van der Waals surface area contributed by atoms with Crippen LogP contribution in [0.15, 0.2) is 18.2 Å². The number of nitrogen functional groups attached to an aromatic ring is 1. The molecule has 0 bridgehead atoms. The first-order chi connectivity index (χ1) is 5.95. The second-order valence-electron chi connectivity index (χ2n) is 2.57. The second kappa shape index (κ2) is 3.26. The molecule has 0 fully saturated rings. The van der Waals surface area contributed by atoms with E-state index in [0.29, 0.717) is 5.56 Å². The van der Waals surface area contributed by atoms with Crippen LogP contribution in [0.25, 0.3) is 0 Å². The molecule has 1 rings (SSSR count). The molecular formula is C8H8F3NO. The van der Waals surface area contributed by atoms with Crippen LogP contribution in [0.4, 0.5) is 18.9 Å². The van der Waals surface area contributed by atoms with Crippen molar-refractivity contribution < 1.29 is 18.3 Å². The van der Waals surface area contributed by atoms with E-state index in [1.807, 2.05) is 0 Å². The number of rotatable bonds is 1. The van der Waals surface area contributed by atoms with E-state index in [-0.39, 0.29) is 12.3 Å². The van der Waals surface area contributed by atoms with Crippen LogP contribution in [0.2, 0.25) is 0 Å². The number of benzene rings is 1. The van der Waals surface area contributed by atoms with Crippen LogP contribution < -0.4 is 5.73 Å². The van der Waals surface area contributed by atoms with E-state index in [2.05, 4.69) is 0 Å². The van der Waals surface area contributed by atoms with Crippen LogP contribution in [0.5, 0.6) is 0 Å². The first kappa shape index (κ1) is 9.85. The number of alkyl halides is 3. The summed E-state index contributed by atoms with van der Waals surface area (Å²) in [7, 11) is 0. The lowest BCUT2D eigenvalue weighted by Gasteiger charge is -2.08. The molecule has 2 nitrogen and oxygen atoms in total. The maximum Gasteiger partial charge on any atom is 0.416 e. The highest BCUT2D eigenvalue weighted by molar-refractivity contribution is 5.49. The Morgan fingerprint density at radius 3 is 2.31 bits per heavy atom. The molecule has 5 heteroatoms. The van der Waals surface area contributed by atoms with Crippen LogP contribution in [0, 0.1) is 0 Å². The molecule has 0 aliphatic carbocycles. The van der Waals surface area contributed by atoms with Gasteiger partial charge < -0.3 is 10.8 Å². The summed E-state index contributed by atoms with van der Waals surface area (Å²) in [5.74, 6) is 0. The van der Waals surface area contributed by atoms with E-state index in [9.17, 15) is 13.2 Å². The summed E-state index contributed by atoms with van der Waals surface area (Å²) in [6.07, 6.45) is -4.39. The number of halogens is 3.